The summed E-state index contributed by atoms with van der Waals surface area (Å²) in [6.45, 7) is 4.11. The molecule has 18 heavy (non-hydrogen) atoms. The summed E-state index contributed by atoms with van der Waals surface area (Å²) in [4.78, 5) is 2.31. The summed E-state index contributed by atoms with van der Waals surface area (Å²) in [6.07, 6.45) is -3.31. The molecule has 1 heterocycles. The van der Waals surface area contributed by atoms with Gasteiger partial charge in [0.1, 0.15) is 0 Å². The van der Waals surface area contributed by atoms with E-state index in [1.807, 2.05) is 13.0 Å². The lowest BCUT2D eigenvalue weighted by Crippen LogP contribution is -2.03. The third-order valence-corrected chi connectivity index (χ3v) is 4.27. The van der Waals surface area contributed by atoms with Crippen LogP contribution in [0, 0.1) is 6.92 Å². The van der Waals surface area contributed by atoms with E-state index < -0.39 is 11.7 Å². The molecule has 0 aliphatic rings. The van der Waals surface area contributed by atoms with Crippen LogP contribution in [0.25, 0.3) is 10.4 Å². The Morgan fingerprint density at radius 1 is 1.11 bits per heavy atom. The maximum absolute atomic E-state index is 12.4. The number of hydrogen-bond acceptors (Lipinski definition) is 1. The highest BCUT2D eigenvalue weighted by molar-refractivity contribution is 7.15. The minimum atomic E-state index is -4.27. The standard InChI is InChI=1S/C14H13F3S/c1-3-12-9(2)8-13(18-12)10-4-6-11(7-5-10)14(15,16)17/h4-8H,3H2,1-2H3. The molecule has 0 amide bonds. The van der Waals surface area contributed by atoms with Gasteiger partial charge in [-0.15, -0.1) is 11.3 Å². The van der Waals surface area contributed by atoms with Crippen LogP contribution in [0.1, 0.15) is 22.9 Å². The number of hydrogen-bond donors (Lipinski definition) is 0. The number of thiophene rings is 1. The van der Waals surface area contributed by atoms with Gasteiger partial charge in [0, 0.05) is 9.75 Å². The first-order valence-corrected chi connectivity index (χ1v) is 6.50. The number of halogens is 3. The van der Waals surface area contributed by atoms with Crippen LogP contribution in [0.4, 0.5) is 13.2 Å². The van der Waals surface area contributed by atoms with Crippen molar-refractivity contribution in [1.29, 1.82) is 0 Å². The van der Waals surface area contributed by atoms with Crippen molar-refractivity contribution >= 4 is 11.3 Å². The average Bonchev–Trinajstić information content (AvgIpc) is 2.69. The van der Waals surface area contributed by atoms with Gasteiger partial charge in [0.15, 0.2) is 0 Å². The third kappa shape index (κ3) is 2.58. The van der Waals surface area contributed by atoms with Crippen molar-refractivity contribution in [3.05, 3.63) is 46.3 Å². The van der Waals surface area contributed by atoms with Gasteiger partial charge in [-0.25, -0.2) is 0 Å². The molecule has 96 valence electrons. The van der Waals surface area contributed by atoms with Crippen molar-refractivity contribution in [3.8, 4) is 10.4 Å². The van der Waals surface area contributed by atoms with Crippen LogP contribution >= 0.6 is 11.3 Å². The molecule has 2 rings (SSSR count). The van der Waals surface area contributed by atoms with Crippen LogP contribution in [-0.2, 0) is 12.6 Å². The predicted octanol–water partition coefficient (Wildman–Crippen LogP) is 5.30. The molecule has 0 aliphatic heterocycles. The maximum Gasteiger partial charge on any atom is 0.416 e. The zero-order valence-electron chi connectivity index (χ0n) is 10.1. The maximum atomic E-state index is 12.4. The minimum Gasteiger partial charge on any atom is -0.166 e. The summed E-state index contributed by atoms with van der Waals surface area (Å²) in [6, 6.07) is 7.37. The largest absolute Gasteiger partial charge is 0.416 e. The van der Waals surface area contributed by atoms with E-state index in [0.29, 0.717) is 0 Å². The van der Waals surface area contributed by atoms with Crippen molar-refractivity contribution in [2.24, 2.45) is 0 Å². The lowest BCUT2D eigenvalue weighted by atomic mass is 10.1. The van der Waals surface area contributed by atoms with Gasteiger partial charge in [0.25, 0.3) is 0 Å². The van der Waals surface area contributed by atoms with Gasteiger partial charge < -0.3 is 0 Å². The number of benzene rings is 1. The summed E-state index contributed by atoms with van der Waals surface area (Å²) in [7, 11) is 0. The van der Waals surface area contributed by atoms with Gasteiger partial charge in [-0.1, -0.05) is 19.1 Å². The Hall–Kier alpha value is -1.29. The van der Waals surface area contributed by atoms with E-state index in [0.717, 1.165) is 29.0 Å². The summed E-state index contributed by atoms with van der Waals surface area (Å²) >= 11 is 1.64. The average molecular weight is 270 g/mol. The van der Waals surface area contributed by atoms with Gasteiger partial charge in [-0.2, -0.15) is 13.2 Å². The molecule has 0 saturated carbocycles. The van der Waals surface area contributed by atoms with E-state index in [9.17, 15) is 13.2 Å². The summed E-state index contributed by atoms with van der Waals surface area (Å²) < 4.78 is 37.3. The van der Waals surface area contributed by atoms with E-state index >= 15 is 0 Å². The van der Waals surface area contributed by atoms with Crippen molar-refractivity contribution in [1.82, 2.24) is 0 Å². The Morgan fingerprint density at radius 2 is 1.72 bits per heavy atom. The summed E-state index contributed by atoms with van der Waals surface area (Å²) in [5.41, 5.74) is 1.45. The fraction of sp³-hybridized carbons (Fsp3) is 0.286. The summed E-state index contributed by atoms with van der Waals surface area (Å²) in [5.74, 6) is 0. The van der Waals surface area contributed by atoms with E-state index in [-0.39, 0.29) is 0 Å². The first kappa shape index (κ1) is 13.1. The van der Waals surface area contributed by atoms with Crippen molar-refractivity contribution in [2.75, 3.05) is 0 Å². The van der Waals surface area contributed by atoms with Gasteiger partial charge >= 0.3 is 6.18 Å². The molecule has 0 saturated heterocycles. The molecule has 2 aromatic rings. The van der Waals surface area contributed by atoms with Crippen LogP contribution in [0.2, 0.25) is 0 Å². The van der Waals surface area contributed by atoms with E-state index in [4.69, 9.17) is 0 Å². The van der Waals surface area contributed by atoms with Gasteiger partial charge in [0.05, 0.1) is 5.56 Å². The highest BCUT2D eigenvalue weighted by Gasteiger charge is 2.30. The SMILES string of the molecule is CCc1sc(-c2ccc(C(F)(F)F)cc2)cc1C. The highest BCUT2D eigenvalue weighted by atomic mass is 32.1. The molecule has 0 bridgehead atoms. The van der Waals surface area contributed by atoms with Gasteiger partial charge in [-0.05, 0) is 42.7 Å². The topological polar surface area (TPSA) is 0 Å². The lowest BCUT2D eigenvalue weighted by Gasteiger charge is -2.06. The summed E-state index contributed by atoms with van der Waals surface area (Å²) in [5, 5.41) is 0. The number of rotatable bonds is 2. The molecule has 0 radical (unpaired) electrons. The highest BCUT2D eigenvalue weighted by Crippen LogP contribution is 2.34. The molecule has 0 fully saturated rings. The molecule has 0 nitrogen and oxygen atoms in total. The van der Waals surface area contributed by atoms with Crippen LogP contribution < -0.4 is 0 Å². The Bertz CT molecular complexity index is 535. The van der Waals surface area contributed by atoms with Crippen LogP contribution in [0.5, 0.6) is 0 Å². The second-order valence-electron chi connectivity index (χ2n) is 4.15. The zero-order chi connectivity index (χ0) is 13.3. The van der Waals surface area contributed by atoms with E-state index in [1.54, 1.807) is 11.3 Å². The molecule has 0 aliphatic carbocycles. The fourth-order valence-corrected chi connectivity index (χ4v) is 2.96. The number of aryl methyl sites for hydroxylation is 2. The molecule has 1 aromatic heterocycles. The monoisotopic (exact) mass is 270 g/mol. The molecular formula is C14H13F3S. The van der Waals surface area contributed by atoms with E-state index in [2.05, 4.69) is 6.92 Å². The predicted molar refractivity (Wildman–Crippen MR) is 68.9 cm³/mol. The Kier molecular flexibility index (Phi) is 3.48. The minimum absolute atomic E-state index is 0.602. The lowest BCUT2D eigenvalue weighted by molar-refractivity contribution is -0.137. The smallest absolute Gasteiger partial charge is 0.166 e. The van der Waals surface area contributed by atoms with Crippen molar-refractivity contribution in [2.45, 2.75) is 26.4 Å². The van der Waals surface area contributed by atoms with Crippen LogP contribution in [0.3, 0.4) is 0 Å². The van der Waals surface area contributed by atoms with Crippen LogP contribution in [0.15, 0.2) is 30.3 Å². The molecule has 0 N–H and O–H groups in total. The Labute approximate surface area is 108 Å². The second kappa shape index (κ2) is 4.76. The van der Waals surface area contributed by atoms with Crippen molar-refractivity contribution in [3.63, 3.8) is 0 Å². The fourth-order valence-electron chi connectivity index (χ4n) is 1.84. The van der Waals surface area contributed by atoms with Crippen LogP contribution in [-0.4, -0.2) is 0 Å². The molecule has 0 unspecified atom stereocenters. The number of alkyl halides is 3. The zero-order valence-corrected chi connectivity index (χ0v) is 11.0. The molecule has 0 spiro atoms. The third-order valence-electron chi connectivity index (χ3n) is 2.84. The van der Waals surface area contributed by atoms with Crippen molar-refractivity contribution < 1.29 is 13.2 Å². The Balaban J connectivity index is 2.34. The van der Waals surface area contributed by atoms with E-state index in [1.165, 1.54) is 22.6 Å². The molecular weight excluding hydrogens is 257 g/mol. The van der Waals surface area contributed by atoms with Gasteiger partial charge in [0.2, 0.25) is 0 Å². The normalized spacial score (nSPS) is 11.8. The van der Waals surface area contributed by atoms with Gasteiger partial charge in [-0.3, -0.25) is 0 Å². The quantitative estimate of drug-likeness (QED) is 0.694. The second-order valence-corrected chi connectivity index (χ2v) is 5.28. The first-order valence-electron chi connectivity index (χ1n) is 5.68. The first-order chi connectivity index (χ1) is 8.41. The molecule has 1 aromatic carbocycles. The molecule has 4 heteroatoms. The Morgan fingerprint density at radius 3 is 2.17 bits per heavy atom. The molecule has 0 atom stereocenters.